The van der Waals surface area contributed by atoms with Crippen molar-refractivity contribution in [1.29, 1.82) is 0 Å². The van der Waals surface area contributed by atoms with E-state index in [0.717, 1.165) is 16.8 Å². The molecule has 1 aliphatic rings. The monoisotopic (exact) mass is 555 g/mol. The number of nitrogens with zero attached hydrogens (tertiary/aromatic N) is 3. The number of carbonyl (C=O) groups is 1. The van der Waals surface area contributed by atoms with Gasteiger partial charge in [-0.15, -0.1) is 5.10 Å². The molecule has 0 bridgehead atoms. The highest BCUT2D eigenvalue weighted by Crippen LogP contribution is 2.34. The second-order valence-corrected chi connectivity index (χ2v) is 9.25. The first-order valence-electron chi connectivity index (χ1n) is 11.7. The molecule has 2 heterocycles. The number of halogens is 4. The molecule has 1 fully saturated rings. The van der Waals surface area contributed by atoms with Gasteiger partial charge in [0.1, 0.15) is 42.3 Å². The van der Waals surface area contributed by atoms with Crippen LogP contribution in [0.5, 0.6) is 0 Å². The van der Waals surface area contributed by atoms with Gasteiger partial charge in [-0.25, -0.2) is 17.9 Å². The van der Waals surface area contributed by atoms with Crippen LogP contribution in [0, 0.1) is 17.5 Å². The smallest absolute Gasteiger partial charge is 0.194 e. The Kier molecular flexibility index (Phi) is 8.81. The first kappa shape index (κ1) is 28.1. The van der Waals surface area contributed by atoms with Crippen molar-refractivity contribution in [3.63, 3.8) is 0 Å². The van der Waals surface area contributed by atoms with Gasteiger partial charge in [0.25, 0.3) is 0 Å². The van der Waals surface area contributed by atoms with Gasteiger partial charge in [0.2, 0.25) is 0 Å². The summed E-state index contributed by atoms with van der Waals surface area (Å²) in [4.78, 5) is 12.8. The Hall–Kier alpha value is -2.87. The Morgan fingerprint density at radius 3 is 2.42 bits per heavy atom. The number of aromatic nitrogens is 3. The Morgan fingerprint density at radius 2 is 1.82 bits per heavy atom. The minimum absolute atomic E-state index is 0.0215. The van der Waals surface area contributed by atoms with E-state index in [2.05, 4.69) is 10.3 Å². The average molecular weight is 556 g/mol. The molecule has 6 atom stereocenters. The molecule has 13 heteroatoms. The third-order valence-corrected chi connectivity index (χ3v) is 6.58. The van der Waals surface area contributed by atoms with E-state index in [0.29, 0.717) is 10.6 Å². The standard InChI is InChI=1S/C25H25ClF3N3O6/c1-2-18(34)24(37-11-12-3-5-14(26)6-4-12)25-23(36)21(22(35)19(10-33)38-25)32-9-17(30-31-32)13-7-15(27)20(29)16(28)8-13/h3-9,19,21-25,33,35-36H,2,10-11H2,1H3/t19?,21-,22-,23?,24+,25+/m0/s1. The zero-order valence-corrected chi connectivity index (χ0v) is 20.8. The quantitative estimate of drug-likeness (QED) is 0.344. The maximum absolute atomic E-state index is 13.7. The first-order chi connectivity index (χ1) is 18.1. The van der Waals surface area contributed by atoms with Gasteiger partial charge in [-0.1, -0.05) is 35.9 Å². The van der Waals surface area contributed by atoms with Crippen molar-refractivity contribution < 1.29 is 42.8 Å². The molecule has 1 aliphatic heterocycles. The summed E-state index contributed by atoms with van der Waals surface area (Å²) in [7, 11) is 0. The lowest BCUT2D eigenvalue weighted by Crippen LogP contribution is -2.60. The number of hydrogen-bond donors (Lipinski definition) is 3. The fourth-order valence-electron chi connectivity index (χ4n) is 4.29. The van der Waals surface area contributed by atoms with Crippen LogP contribution in [-0.2, 0) is 20.9 Å². The number of ketones is 1. The molecule has 1 saturated heterocycles. The molecular weight excluding hydrogens is 531 g/mol. The molecule has 204 valence electrons. The summed E-state index contributed by atoms with van der Waals surface area (Å²) in [5.41, 5.74) is 0.485. The molecule has 0 amide bonds. The molecular formula is C25H25ClF3N3O6. The van der Waals surface area contributed by atoms with Crippen LogP contribution in [0.2, 0.25) is 5.02 Å². The molecule has 2 unspecified atom stereocenters. The molecule has 4 rings (SSSR count). The van der Waals surface area contributed by atoms with Crippen LogP contribution in [0.4, 0.5) is 13.2 Å². The average Bonchev–Trinajstić information content (AvgIpc) is 3.38. The molecule has 0 spiro atoms. The summed E-state index contributed by atoms with van der Waals surface area (Å²) >= 11 is 5.91. The minimum atomic E-state index is -1.64. The number of aliphatic hydroxyl groups is 3. The van der Waals surface area contributed by atoms with Crippen molar-refractivity contribution in [2.75, 3.05) is 6.61 Å². The van der Waals surface area contributed by atoms with Crippen LogP contribution in [0.15, 0.2) is 42.6 Å². The predicted molar refractivity (Wildman–Crippen MR) is 127 cm³/mol. The van der Waals surface area contributed by atoms with Crippen molar-refractivity contribution in [2.45, 2.75) is 56.5 Å². The fourth-order valence-corrected chi connectivity index (χ4v) is 4.42. The van der Waals surface area contributed by atoms with Gasteiger partial charge in [0.05, 0.1) is 19.4 Å². The van der Waals surface area contributed by atoms with Crippen molar-refractivity contribution in [3.05, 3.63) is 70.6 Å². The lowest BCUT2D eigenvalue weighted by Gasteiger charge is -2.44. The van der Waals surface area contributed by atoms with Gasteiger partial charge in [-0.3, -0.25) is 4.79 Å². The number of Topliss-reactive ketones (excluding diaryl/α,β-unsaturated/α-hetero) is 1. The van der Waals surface area contributed by atoms with Crippen molar-refractivity contribution in [3.8, 4) is 11.3 Å². The van der Waals surface area contributed by atoms with E-state index >= 15 is 0 Å². The van der Waals surface area contributed by atoms with E-state index in [-0.39, 0.29) is 24.3 Å². The van der Waals surface area contributed by atoms with E-state index < -0.39 is 66.4 Å². The lowest BCUT2D eigenvalue weighted by atomic mass is 9.88. The molecule has 9 nitrogen and oxygen atoms in total. The number of carbonyl (C=O) groups excluding carboxylic acids is 1. The third kappa shape index (κ3) is 5.75. The number of benzene rings is 2. The fraction of sp³-hybridized carbons (Fsp3) is 0.400. The number of rotatable bonds is 9. The summed E-state index contributed by atoms with van der Waals surface area (Å²) in [5, 5.41) is 40.1. The summed E-state index contributed by atoms with van der Waals surface area (Å²) in [6.45, 7) is 0.921. The second-order valence-electron chi connectivity index (χ2n) is 8.81. The van der Waals surface area contributed by atoms with Gasteiger partial charge in [-0.2, -0.15) is 0 Å². The largest absolute Gasteiger partial charge is 0.394 e. The number of aliphatic hydroxyl groups excluding tert-OH is 3. The molecule has 0 aliphatic carbocycles. The van der Waals surface area contributed by atoms with Gasteiger partial charge < -0.3 is 24.8 Å². The Labute approximate surface area is 220 Å². The normalized spacial score (nSPS) is 24.4. The number of ether oxygens (including phenoxy) is 2. The van der Waals surface area contributed by atoms with E-state index in [4.69, 9.17) is 21.1 Å². The van der Waals surface area contributed by atoms with Gasteiger partial charge in [0, 0.05) is 17.0 Å². The molecule has 38 heavy (non-hydrogen) atoms. The predicted octanol–water partition coefficient (Wildman–Crippen LogP) is 2.60. The highest BCUT2D eigenvalue weighted by Gasteiger charge is 2.50. The maximum Gasteiger partial charge on any atom is 0.194 e. The molecule has 0 saturated carbocycles. The third-order valence-electron chi connectivity index (χ3n) is 6.33. The van der Waals surface area contributed by atoms with Crippen LogP contribution < -0.4 is 0 Å². The van der Waals surface area contributed by atoms with Gasteiger partial charge in [0.15, 0.2) is 23.2 Å². The summed E-state index contributed by atoms with van der Waals surface area (Å²) in [6.07, 6.45) is -5.72. The minimum Gasteiger partial charge on any atom is -0.394 e. The Morgan fingerprint density at radius 1 is 1.16 bits per heavy atom. The summed E-state index contributed by atoms with van der Waals surface area (Å²) in [6, 6.07) is 6.86. The molecule has 2 aromatic carbocycles. The number of hydrogen-bond acceptors (Lipinski definition) is 8. The highest BCUT2D eigenvalue weighted by atomic mass is 35.5. The van der Waals surface area contributed by atoms with Crippen molar-refractivity contribution in [2.24, 2.45) is 0 Å². The summed E-state index contributed by atoms with van der Waals surface area (Å²) in [5.74, 6) is -4.90. The van der Waals surface area contributed by atoms with Crippen molar-refractivity contribution in [1.82, 2.24) is 15.0 Å². The Balaban J connectivity index is 1.63. The van der Waals surface area contributed by atoms with E-state index in [1.807, 2.05) is 0 Å². The maximum atomic E-state index is 13.7. The van der Waals surface area contributed by atoms with Crippen LogP contribution in [0.3, 0.4) is 0 Å². The van der Waals surface area contributed by atoms with E-state index in [9.17, 15) is 33.3 Å². The Bertz CT molecular complexity index is 1250. The molecule has 1 aromatic heterocycles. The van der Waals surface area contributed by atoms with Crippen molar-refractivity contribution >= 4 is 17.4 Å². The van der Waals surface area contributed by atoms with Crippen LogP contribution >= 0.6 is 11.6 Å². The van der Waals surface area contributed by atoms with Gasteiger partial charge in [-0.05, 0) is 29.8 Å². The molecule has 3 aromatic rings. The SMILES string of the molecule is CCC(=O)[C@@H](OCc1ccc(Cl)cc1)[C@@H]1OC(CO)[C@H](O)[C@H](n2cc(-c3cc(F)c(F)c(F)c3)nn2)C1O. The van der Waals surface area contributed by atoms with E-state index in [1.165, 1.54) is 6.20 Å². The zero-order valence-electron chi connectivity index (χ0n) is 20.0. The van der Waals surface area contributed by atoms with Gasteiger partial charge >= 0.3 is 0 Å². The lowest BCUT2D eigenvalue weighted by molar-refractivity contribution is -0.234. The second kappa shape index (κ2) is 11.9. The van der Waals surface area contributed by atoms with Crippen LogP contribution in [-0.4, -0.2) is 73.2 Å². The van der Waals surface area contributed by atoms with E-state index in [1.54, 1.807) is 31.2 Å². The topological polar surface area (TPSA) is 127 Å². The molecule has 3 N–H and O–H groups in total. The highest BCUT2D eigenvalue weighted by molar-refractivity contribution is 6.30. The van der Waals surface area contributed by atoms with Crippen LogP contribution in [0.1, 0.15) is 24.9 Å². The summed E-state index contributed by atoms with van der Waals surface area (Å²) < 4.78 is 53.4. The molecule has 0 radical (unpaired) electrons. The first-order valence-corrected chi connectivity index (χ1v) is 12.1. The van der Waals surface area contributed by atoms with Crippen LogP contribution in [0.25, 0.3) is 11.3 Å². The zero-order chi connectivity index (χ0) is 27.6.